The minimum Gasteiger partial charge on any atom is -0.360 e. The van der Waals surface area contributed by atoms with Gasteiger partial charge in [-0.2, -0.15) is 0 Å². The fourth-order valence-electron chi connectivity index (χ4n) is 2.88. The Kier molecular flexibility index (Phi) is 5.01. The van der Waals surface area contributed by atoms with Crippen LogP contribution in [0.25, 0.3) is 0 Å². The van der Waals surface area contributed by atoms with E-state index < -0.39 is 17.4 Å². The molecule has 0 unspecified atom stereocenters. The predicted octanol–water partition coefficient (Wildman–Crippen LogP) is 3.51. The fraction of sp³-hybridized carbons (Fsp3) is 0.353. The summed E-state index contributed by atoms with van der Waals surface area (Å²) in [4.78, 5) is 24.3. The van der Waals surface area contributed by atoms with Crippen molar-refractivity contribution >= 4 is 40.8 Å². The highest BCUT2D eigenvalue weighted by molar-refractivity contribution is 6.39. The maximum atomic E-state index is 12.3. The Morgan fingerprint density at radius 1 is 1.24 bits per heavy atom. The van der Waals surface area contributed by atoms with Gasteiger partial charge in [0.2, 0.25) is 0 Å². The van der Waals surface area contributed by atoms with E-state index in [-0.39, 0.29) is 5.82 Å². The van der Waals surface area contributed by atoms with E-state index in [1.165, 1.54) is 6.07 Å². The molecular weight excluding hydrogens is 365 g/mol. The molecule has 0 bridgehead atoms. The van der Waals surface area contributed by atoms with Crippen molar-refractivity contribution in [1.29, 1.82) is 0 Å². The lowest BCUT2D eigenvalue weighted by Crippen LogP contribution is -2.57. The van der Waals surface area contributed by atoms with Crippen LogP contribution in [0.3, 0.4) is 0 Å². The van der Waals surface area contributed by atoms with E-state index in [0.29, 0.717) is 22.2 Å². The molecule has 6 nitrogen and oxygen atoms in total. The van der Waals surface area contributed by atoms with E-state index in [2.05, 4.69) is 15.8 Å². The summed E-state index contributed by atoms with van der Waals surface area (Å²) in [6, 6.07) is 6.82. The Morgan fingerprint density at radius 3 is 2.56 bits per heavy atom. The first-order valence-corrected chi connectivity index (χ1v) is 8.63. The molecule has 0 atom stereocenters. The van der Waals surface area contributed by atoms with Gasteiger partial charge >= 0.3 is 11.8 Å². The average Bonchev–Trinajstić information content (AvgIpc) is 2.92. The first kappa shape index (κ1) is 17.8. The summed E-state index contributed by atoms with van der Waals surface area (Å²) < 4.78 is 4.86. The highest BCUT2D eigenvalue weighted by Crippen LogP contribution is 2.37. The van der Waals surface area contributed by atoms with Gasteiger partial charge in [-0.15, -0.1) is 0 Å². The topological polar surface area (TPSA) is 84.2 Å². The molecule has 132 valence electrons. The molecule has 25 heavy (non-hydrogen) atoms. The molecule has 2 amide bonds. The zero-order chi connectivity index (χ0) is 18.0. The molecule has 1 aromatic carbocycles. The van der Waals surface area contributed by atoms with Crippen molar-refractivity contribution in [2.24, 2.45) is 0 Å². The van der Waals surface area contributed by atoms with E-state index in [1.54, 1.807) is 19.1 Å². The number of hydrogen-bond acceptors (Lipinski definition) is 4. The van der Waals surface area contributed by atoms with Gasteiger partial charge in [0.1, 0.15) is 5.76 Å². The zero-order valence-electron chi connectivity index (χ0n) is 13.6. The second-order valence-corrected chi connectivity index (χ2v) is 7.12. The second-order valence-electron chi connectivity index (χ2n) is 6.28. The van der Waals surface area contributed by atoms with Crippen molar-refractivity contribution in [3.05, 3.63) is 45.6 Å². The van der Waals surface area contributed by atoms with Crippen LogP contribution in [0.4, 0.5) is 5.82 Å². The molecule has 0 radical (unpaired) electrons. The standard InChI is InChI=1S/C17H17Cl2N3O3/c1-10-7-14(22-25-10)20-15(23)16(24)21-17(5-2-6-17)9-11-3-4-12(18)8-13(11)19/h3-4,7-8H,2,5-6,9H2,1H3,(H,21,24)(H,20,22,23). The van der Waals surface area contributed by atoms with Gasteiger partial charge in [-0.05, 0) is 50.3 Å². The molecule has 1 saturated carbocycles. The summed E-state index contributed by atoms with van der Waals surface area (Å²) in [5.74, 6) is -0.725. The minimum absolute atomic E-state index is 0.209. The van der Waals surface area contributed by atoms with Crippen molar-refractivity contribution in [2.75, 3.05) is 5.32 Å². The van der Waals surface area contributed by atoms with Crippen molar-refractivity contribution in [3.8, 4) is 0 Å². The lowest BCUT2D eigenvalue weighted by atomic mass is 9.72. The number of amides is 2. The number of anilines is 1. The van der Waals surface area contributed by atoms with Gasteiger partial charge in [-0.1, -0.05) is 34.4 Å². The van der Waals surface area contributed by atoms with Crippen molar-refractivity contribution < 1.29 is 14.1 Å². The fourth-order valence-corrected chi connectivity index (χ4v) is 3.35. The molecule has 2 aromatic rings. The highest BCUT2D eigenvalue weighted by atomic mass is 35.5. The average molecular weight is 382 g/mol. The zero-order valence-corrected chi connectivity index (χ0v) is 15.1. The molecule has 0 aliphatic heterocycles. The summed E-state index contributed by atoms with van der Waals surface area (Å²) in [7, 11) is 0. The maximum absolute atomic E-state index is 12.3. The van der Waals surface area contributed by atoms with Gasteiger partial charge < -0.3 is 9.84 Å². The number of carbonyl (C=O) groups excluding carboxylic acids is 2. The quantitative estimate of drug-likeness (QED) is 0.793. The van der Waals surface area contributed by atoms with Crippen LogP contribution in [-0.2, 0) is 16.0 Å². The molecule has 2 N–H and O–H groups in total. The Bertz CT molecular complexity index is 815. The summed E-state index contributed by atoms with van der Waals surface area (Å²) in [5, 5.41) is 10.0. The van der Waals surface area contributed by atoms with E-state index >= 15 is 0 Å². The Balaban J connectivity index is 1.66. The summed E-state index contributed by atoms with van der Waals surface area (Å²) in [5.41, 5.74) is 0.421. The van der Waals surface area contributed by atoms with Gasteiger partial charge in [-0.3, -0.25) is 14.9 Å². The Morgan fingerprint density at radius 2 is 2.00 bits per heavy atom. The molecule has 1 aromatic heterocycles. The van der Waals surface area contributed by atoms with Gasteiger partial charge in [0.05, 0.1) is 0 Å². The van der Waals surface area contributed by atoms with Crippen LogP contribution in [0.1, 0.15) is 30.6 Å². The van der Waals surface area contributed by atoms with Crippen LogP contribution in [0.15, 0.2) is 28.8 Å². The first-order chi connectivity index (χ1) is 11.9. The number of nitrogens with zero attached hydrogens (tertiary/aromatic N) is 1. The number of halogens is 2. The van der Waals surface area contributed by atoms with Crippen LogP contribution in [-0.4, -0.2) is 22.5 Å². The summed E-state index contributed by atoms with van der Waals surface area (Å²) in [6.45, 7) is 1.70. The van der Waals surface area contributed by atoms with E-state index in [9.17, 15) is 9.59 Å². The smallest absolute Gasteiger partial charge is 0.314 e. The molecule has 3 rings (SSSR count). The lowest BCUT2D eigenvalue weighted by Gasteiger charge is -2.42. The SMILES string of the molecule is Cc1cc(NC(=O)C(=O)NC2(Cc3ccc(Cl)cc3Cl)CCC2)no1. The second kappa shape index (κ2) is 7.06. The monoisotopic (exact) mass is 381 g/mol. The van der Waals surface area contributed by atoms with Crippen LogP contribution in [0.2, 0.25) is 10.0 Å². The van der Waals surface area contributed by atoms with Crippen LogP contribution in [0.5, 0.6) is 0 Å². The Hall–Kier alpha value is -2.05. The summed E-state index contributed by atoms with van der Waals surface area (Å²) >= 11 is 12.2. The molecule has 1 aliphatic rings. The number of hydrogen-bond donors (Lipinski definition) is 2. The van der Waals surface area contributed by atoms with Crippen molar-refractivity contribution in [3.63, 3.8) is 0 Å². The molecule has 0 saturated heterocycles. The largest absolute Gasteiger partial charge is 0.360 e. The van der Waals surface area contributed by atoms with Crippen molar-refractivity contribution in [1.82, 2.24) is 10.5 Å². The molecule has 0 spiro atoms. The number of rotatable bonds is 4. The molecule has 1 heterocycles. The van der Waals surface area contributed by atoms with Gasteiger partial charge in [0, 0.05) is 21.7 Å². The number of nitrogens with one attached hydrogen (secondary N) is 2. The molecule has 1 aliphatic carbocycles. The Labute approximate surface area is 154 Å². The number of benzene rings is 1. The third-order valence-corrected chi connectivity index (χ3v) is 4.90. The minimum atomic E-state index is -0.776. The number of aryl methyl sites for hydroxylation is 1. The number of carbonyl (C=O) groups is 2. The summed E-state index contributed by atoms with van der Waals surface area (Å²) in [6.07, 6.45) is 3.10. The van der Waals surface area contributed by atoms with Crippen LogP contribution >= 0.6 is 23.2 Å². The van der Waals surface area contributed by atoms with Crippen LogP contribution in [0, 0.1) is 6.92 Å². The molecular formula is C17H17Cl2N3O3. The van der Waals surface area contributed by atoms with Gasteiger partial charge in [0.25, 0.3) is 0 Å². The first-order valence-electron chi connectivity index (χ1n) is 7.88. The molecule has 8 heteroatoms. The van der Waals surface area contributed by atoms with Gasteiger partial charge in [-0.25, -0.2) is 0 Å². The predicted molar refractivity (Wildman–Crippen MR) is 94.8 cm³/mol. The highest BCUT2D eigenvalue weighted by Gasteiger charge is 2.40. The maximum Gasteiger partial charge on any atom is 0.314 e. The lowest BCUT2D eigenvalue weighted by molar-refractivity contribution is -0.138. The number of aromatic nitrogens is 1. The third-order valence-electron chi connectivity index (χ3n) is 4.31. The van der Waals surface area contributed by atoms with Crippen LogP contribution < -0.4 is 10.6 Å². The van der Waals surface area contributed by atoms with Crippen molar-refractivity contribution in [2.45, 2.75) is 38.1 Å². The molecule has 1 fully saturated rings. The van der Waals surface area contributed by atoms with E-state index in [4.69, 9.17) is 27.7 Å². The van der Waals surface area contributed by atoms with E-state index in [1.807, 2.05) is 6.07 Å². The third kappa shape index (κ3) is 4.14. The van der Waals surface area contributed by atoms with Gasteiger partial charge in [0.15, 0.2) is 5.82 Å². The normalized spacial score (nSPS) is 15.3. The van der Waals surface area contributed by atoms with E-state index in [0.717, 1.165) is 24.8 Å².